The Kier molecular flexibility index (Phi) is 7.45. The molecule has 0 aliphatic carbocycles. The van der Waals surface area contributed by atoms with Gasteiger partial charge in [0.25, 0.3) is 5.91 Å². The van der Waals surface area contributed by atoms with E-state index in [2.05, 4.69) is 0 Å². The summed E-state index contributed by atoms with van der Waals surface area (Å²) in [6.45, 7) is 4.09. The summed E-state index contributed by atoms with van der Waals surface area (Å²) in [6, 6.07) is 4.21. The van der Waals surface area contributed by atoms with Crippen molar-refractivity contribution in [3.8, 4) is 0 Å². The van der Waals surface area contributed by atoms with E-state index in [0.29, 0.717) is 65.3 Å². The number of rotatable bonds is 3. The standard InChI is InChI=1S/C24H30F3N3O4/c25-24(26,27)20-5-3-17(4-6-20)21(31)28-10-7-18(8-11-28)22(32)30-9-1-2-19(16-30)23(33)29-12-14-34-15-13-29/h3-6,18-19H,1-2,7-16H2/t19-/m1/s1. The lowest BCUT2D eigenvalue weighted by atomic mass is 9.91. The predicted molar refractivity (Wildman–Crippen MR) is 117 cm³/mol. The van der Waals surface area contributed by atoms with E-state index in [-0.39, 0.29) is 35.1 Å². The normalized spacial score (nSPS) is 22.6. The quantitative estimate of drug-likeness (QED) is 0.666. The van der Waals surface area contributed by atoms with Crippen molar-refractivity contribution in [2.24, 2.45) is 11.8 Å². The van der Waals surface area contributed by atoms with Crippen LogP contribution < -0.4 is 0 Å². The molecule has 0 radical (unpaired) electrons. The van der Waals surface area contributed by atoms with Gasteiger partial charge in [0, 0.05) is 50.7 Å². The summed E-state index contributed by atoms with van der Waals surface area (Å²) >= 11 is 0. The molecule has 0 N–H and O–H groups in total. The number of likely N-dealkylation sites (tertiary alicyclic amines) is 2. The lowest BCUT2D eigenvalue weighted by molar-refractivity contribution is -0.146. The highest BCUT2D eigenvalue weighted by molar-refractivity contribution is 5.94. The largest absolute Gasteiger partial charge is 0.416 e. The first-order valence-corrected chi connectivity index (χ1v) is 11.9. The van der Waals surface area contributed by atoms with Crippen molar-refractivity contribution in [3.05, 3.63) is 35.4 Å². The van der Waals surface area contributed by atoms with E-state index in [4.69, 9.17) is 4.74 Å². The van der Waals surface area contributed by atoms with E-state index in [1.165, 1.54) is 12.1 Å². The van der Waals surface area contributed by atoms with Crippen molar-refractivity contribution >= 4 is 17.7 Å². The summed E-state index contributed by atoms with van der Waals surface area (Å²) in [5.74, 6) is -0.598. The first-order chi connectivity index (χ1) is 16.2. The first-order valence-electron chi connectivity index (χ1n) is 11.9. The fraction of sp³-hybridized carbons (Fsp3) is 0.625. The molecule has 3 heterocycles. The molecule has 3 amide bonds. The van der Waals surface area contributed by atoms with Crippen molar-refractivity contribution in [1.29, 1.82) is 0 Å². The van der Waals surface area contributed by atoms with E-state index in [0.717, 1.165) is 25.0 Å². The number of hydrogen-bond acceptors (Lipinski definition) is 4. The zero-order valence-electron chi connectivity index (χ0n) is 19.1. The van der Waals surface area contributed by atoms with Gasteiger partial charge in [-0.1, -0.05) is 0 Å². The Labute approximate surface area is 196 Å². The number of morpholine rings is 1. The molecule has 3 aliphatic heterocycles. The van der Waals surface area contributed by atoms with Gasteiger partial charge in [-0.25, -0.2) is 0 Å². The molecule has 7 nitrogen and oxygen atoms in total. The smallest absolute Gasteiger partial charge is 0.378 e. The summed E-state index contributed by atoms with van der Waals surface area (Å²) in [4.78, 5) is 43.9. The van der Waals surface area contributed by atoms with E-state index in [1.807, 2.05) is 4.90 Å². The van der Waals surface area contributed by atoms with Crippen LogP contribution in [0, 0.1) is 11.8 Å². The predicted octanol–water partition coefficient (Wildman–Crippen LogP) is 2.66. The fourth-order valence-electron chi connectivity index (χ4n) is 4.99. The molecule has 34 heavy (non-hydrogen) atoms. The van der Waals surface area contributed by atoms with Crippen molar-refractivity contribution in [2.45, 2.75) is 31.9 Å². The molecule has 0 spiro atoms. The monoisotopic (exact) mass is 481 g/mol. The average Bonchev–Trinajstić information content (AvgIpc) is 2.87. The maximum Gasteiger partial charge on any atom is 0.416 e. The SMILES string of the molecule is O=C(c1ccc(C(F)(F)F)cc1)N1CCC(C(=O)N2CCC[C@@H](C(=O)N3CCOCC3)C2)CC1. The number of alkyl halides is 3. The lowest BCUT2D eigenvalue weighted by Gasteiger charge is -2.39. The molecule has 4 rings (SSSR count). The maximum absolute atomic E-state index is 13.1. The molecule has 1 atom stereocenters. The first kappa shape index (κ1) is 24.5. The van der Waals surface area contributed by atoms with E-state index >= 15 is 0 Å². The number of nitrogens with zero attached hydrogens (tertiary/aromatic N) is 3. The molecule has 186 valence electrons. The highest BCUT2D eigenvalue weighted by Crippen LogP contribution is 2.30. The fourth-order valence-corrected chi connectivity index (χ4v) is 4.99. The minimum Gasteiger partial charge on any atom is -0.378 e. The number of piperidine rings is 2. The van der Waals surface area contributed by atoms with Gasteiger partial charge in [0.05, 0.1) is 24.7 Å². The Morgan fingerprint density at radius 2 is 1.38 bits per heavy atom. The molecule has 1 aromatic rings. The van der Waals surface area contributed by atoms with Crippen LogP contribution in [0.4, 0.5) is 13.2 Å². The minimum atomic E-state index is -4.44. The number of ether oxygens (including phenoxy) is 1. The van der Waals surface area contributed by atoms with E-state index in [9.17, 15) is 27.6 Å². The number of hydrogen-bond donors (Lipinski definition) is 0. The van der Waals surface area contributed by atoms with Gasteiger partial charge >= 0.3 is 6.18 Å². The van der Waals surface area contributed by atoms with Crippen molar-refractivity contribution in [3.63, 3.8) is 0 Å². The molecule has 3 fully saturated rings. The lowest BCUT2D eigenvalue weighted by Crippen LogP contribution is -2.51. The van der Waals surface area contributed by atoms with Gasteiger partial charge in [-0.05, 0) is 49.9 Å². The van der Waals surface area contributed by atoms with Crippen LogP contribution in [0.3, 0.4) is 0 Å². The van der Waals surface area contributed by atoms with Crippen LogP contribution in [-0.2, 0) is 20.5 Å². The molecular formula is C24H30F3N3O4. The van der Waals surface area contributed by atoms with Crippen LogP contribution in [0.5, 0.6) is 0 Å². The third-order valence-corrected chi connectivity index (χ3v) is 7.00. The summed E-state index contributed by atoms with van der Waals surface area (Å²) in [5.41, 5.74) is -0.585. The molecule has 3 saturated heterocycles. The Hall–Kier alpha value is -2.62. The third kappa shape index (κ3) is 5.54. The highest BCUT2D eigenvalue weighted by Gasteiger charge is 2.36. The number of halogens is 3. The van der Waals surface area contributed by atoms with Crippen molar-refractivity contribution in [1.82, 2.24) is 14.7 Å². The van der Waals surface area contributed by atoms with Crippen LogP contribution in [0.2, 0.25) is 0 Å². The van der Waals surface area contributed by atoms with Gasteiger partial charge in [0.15, 0.2) is 0 Å². The van der Waals surface area contributed by atoms with Crippen LogP contribution >= 0.6 is 0 Å². The van der Waals surface area contributed by atoms with Crippen LogP contribution in [-0.4, -0.2) is 84.9 Å². The Morgan fingerprint density at radius 3 is 2.00 bits per heavy atom. The minimum absolute atomic E-state index is 0.0288. The summed E-state index contributed by atoms with van der Waals surface area (Å²) in [6.07, 6.45) is -1.87. The summed E-state index contributed by atoms with van der Waals surface area (Å²) in [5, 5.41) is 0. The number of carbonyl (C=O) groups excluding carboxylic acids is 3. The zero-order valence-corrected chi connectivity index (χ0v) is 19.1. The maximum atomic E-state index is 13.1. The van der Waals surface area contributed by atoms with Crippen molar-refractivity contribution < 1.29 is 32.3 Å². The van der Waals surface area contributed by atoms with Gasteiger partial charge < -0.3 is 19.4 Å². The number of amides is 3. The Morgan fingerprint density at radius 1 is 0.765 bits per heavy atom. The molecule has 10 heteroatoms. The Bertz CT molecular complexity index is 892. The second-order valence-corrected chi connectivity index (χ2v) is 9.20. The average molecular weight is 482 g/mol. The van der Waals surface area contributed by atoms with Gasteiger partial charge in [-0.3, -0.25) is 14.4 Å². The molecule has 0 unspecified atom stereocenters. The topological polar surface area (TPSA) is 70.2 Å². The molecule has 0 aromatic heterocycles. The van der Waals surface area contributed by atoms with E-state index in [1.54, 1.807) is 9.80 Å². The van der Waals surface area contributed by atoms with Crippen LogP contribution in [0.15, 0.2) is 24.3 Å². The number of carbonyl (C=O) groups is 3. The van der Waals surface area contributed by atoms with Crippen LogP contribution in [0.1, 0.15) is 41.6 Å². The second-order valence-electron chi connectivity index (χ2n) is 9.20. The van der Waals surface area contributed by atoms with Crippen LogP contribution in [0.25, 0.3) is 0 Å². The Balaban J connectivity index is 1.29. The summed E-state index contributed by atoms with van der Waals surface area (Å²) < 4.78 is 43.6. The molecule has 3 aliphatic rings. The van der Waals surface area contributed by atoms with E-state index < -0.39 is 11.7 Å². The second kappa shape index (κ2) is 10.3. The zero-order chi connectivity index (χ0) is 24.3. The number of benzene rings is 1. The van der Waals surface area contributed by atoms with Gasteiger partial charge in [-0.15, -0.1) is 0 Å². The highest BCUT2D eigenvalue weighted by atomic mass is 19.4. The van der Waals surface area contributed by atoms with Gasteiger partial charge in [-0.2, -0.15) is 13.2 Å². The third-order valence-electron chi connectivity index (χ3n) is 7.00. The van der Waals surface area contributed by atoms with Gasteiger partial charge in [0.2, 0.25) is 11.8 Å². The van der Waals surface area contributed by atoms with Crippen molar-refractivity contribution in [2.75, 3.05) is 52.5 Å². The molecule has 0 saturated carbocycles. The molecular weight excluding hydrogens is 451 g/mol. The molecule has 1 aromatic carbocycles. The van der Waals surface area contributed by atoms with Gasteiger partial charge in [0.1, 0.15) is 0 Å². The summed E-state index contributed by atoms with van der Waals surface area (Å²) in [7, 11) is 0. The molecule has 0 bridgehead atoms.